The van der Waals surface area contributed by atoms with Crippen LogP contribution in [0.3, 0.4) is 0 Å². The van der Waals surface area contributed by atoms with E-state index >= 15 is 0 Å². The molecule has 4 rings (SSSR count). The lowest BCUT2D eigenvalue weighted by atomic mass is 9.89. The molecule has 1 aromatic heterocycles. The first kappa shape index (κ1) is 25.2. The van der Waals surface area contributed by atoms with Gasteiger partial charge in [0.2, 0.25) is 5.91 Å². The molecule has 0 bridgehead atoms. The van der Waals surface area contributed by atoms with Crippen LogP contribution in [0.2, 0.25) is 0 Å². The molecule has 3 atom stereocenters. The monoisotopic (exact) mass is 468 g/mol. The van der Waals surface area contributed by atoms with Crippen molar-refractivity contribution in [2.45, 2.75) is 26.4 Å². The zero-order chi connectivity index (χ0) is 20.7. The Kier molecular flexibility index (Phi) is 8.14. The molecule has 0 aliphatic carbocycles. The van der Waals surface area contributed by atoms with Gasteiger partial charge in [0, 0.05) is 43.0 Å². The number of aromatic nitrogens is 2. The van der Waals surface area contributed by atoms with Gasteiger partial charge in [0.15, 0.2) is 0 Å². The van der Waals surface area contributed by atoms with Crippen LogP contribution >= 0.6 is 24.8 Å². The Labute approximate surface area is 195 Å². The molecule has 0 radical (unpaired) electrons. The molecule has 0 saturated carbocycles. The highest BCUT2D eigenvalue weighted by molar-refractivity contribution is 5.85. The molecule has 0 unspecified atom stereocenters. The van der Waals surface area contributed by atoms with E-state index in [4.69, 9.17) is 4.74 Å². The van der Waals surface area contributed by atoms with E-state index < -0.39 is 0 Å². The number of halogens is 2. The molecule has 0 N–H and O–H groups in total. The van der Waals surface area contributed by atoms with Crippen LogP contribution in [0.5, 0.6) is 5.75 Å². The fraction of sp³-hybridized carbons (Fsp3) is 0.500. The number of hydrogen-bond acceptors (Lipinski definition) is 5. The standard InChI is InChI=1S/C22H28N4O3.2ClH/c1-14-9-15(2)26(22(28)23-14)13-20(27)25-11-17-10-24(3)21(19(17)12-25)16-5-7-18(29-4)8-6-16;;/h5-9,17,19,21H,10-13H2,1-4H3;2*1H/t17-,19+,21-;;/m0../s1. The Hall–Kier alpha value is -2.09. The van der Waals surface area contributed by atoms with Crippen molar-refractivity contribution >= 4 is 30.7 Å². The quantitative estimate of drug-likeness (QED) is 0.689. The van der Waals surface area contributed by atoms with Crippen molar-refractivity contribution in [2.75, 3.05) is 33.8 Å². The van der Waals surface area contributed by atoms with Crippen LogP contribution in [-0.4, -0.2) is 59.0 Å². The Bertz CT molecular complexity index is 980. The Morgan fingerprint density at radius 1 is 1.13 bits per heavy atom. The number of hydrogen-bond donors (Lipinski definition) is 0. The summed E-state index contributed by atoms with van der Waals surface area (Å²) in [5, 5.41) is 0. The molecule has 1 aromatic carbocycles. The van der Waals surface area contributed by atoms with Crippen LogP contribution in [0.25, 0.3) is 0 Å². The zero-order valence-corrected chi connectivity index (χ0v) is 19.9. The Morgan fingerprint density at radius 2 is 1.81 bits per heavy atom. The molecule has 2 aliphatic rings. The highest BCUT2D eigenvalue weighted by atomic mass is 35.5. The molecule has 170 valence electrons. The topological polar surface area (TPSA) is 67.7 Å². The fourth-order valence-electron chi connectivity index (χ4n) is 4.97. The summed E-state index contributed by atoms with van der Waals surface area (Å²) in [6.07, 6.45) is 0. The largest absolute Gasteiger partial charge is 0.497 e. The first-order valence-electron chi connectivity index (χ1n) is 10.0. The van der Waals surface area contributed by atoms with Crippen molar-refractivity contribution in [3.63, 3.8) is 0 Å². The van der Waals surface area contributed by atoms with E-state index in [0.717, 1.165) is 31.1 Å². The predicted molar refractivity (Wildman–Crippen MR) is 124 cm³/mol. The van der Waals surface area contributed by atoms with E-state index in [2.05, 4.69) is 29.1 Å². The summed E-state index contributed by atoms with van der Waals surface area (Å²) in [6, 6.07) is 10.3. The number of nitrogens with zero attached hydrogens (tertiary/aromatic N) is 4. The van der Waals surface area contributed by atoms with E-state index in [1.807, 2.05) is 30.0 Å². The lowest BCUT2D eigenvalue weighted by Gasteiger charge is -2.27. The Balaban J connectivity index is 0.00000171. The van der Waals surface area contributed by atoms with Crippen LogP contribution in [0.15, 0.2) is 35.1 Å². The Morgan fingerprint density at radius 3 is 2.42 bits per heavy atom. The molecule has 2 fully saturated rings. The van der Waals surface area contributed by atoms with Crippen molar-refractivity contribution in [1.29, 1.82) is 0 Å². The van der Waals surface area contributed by atoms with Crippen molar-refractivity contribution in [3.8, 4) is 5.75 Å². The average molecular weight is 469 g/mol. The number of rotatable bonds is 4. The van der Waals surface area contributed by atoms with Crippen LogP contribution < -0.4 is 10.4 Å². The first-order chi connectivity index (χ1) is 13.9. The predicted octanol–water partition coefficient (Wildman–Crippen LogP) is 2.47. The molecular formula is C22H30Cl2N4O3. The third-order valence-electron chi connectivity index (χ3n) is 6.34. The van der Waals surface area contributed by atoms with Gasteiger partial charge in [0.25, 0.3) is 0 Å². The van der Waals surface area contributed by atoms with Crippen molar-refractivity contribution < 1.29 is 9.53 Å². The molecular weight excluding hydrogens is 439 g/mol. The highest BCUT2D eigenvalue weighted by Gasteiger charge is 2.47. The summed E-state index contributed by atoms with van der Waals surface area (Å²) in [5.74, 6) is 1.68. The summed E-state index contributed by atoms with van der Waals surface area (Å²) >= 11 is 0. The van der Waals surface area contributed by atoms with Crippen LogP contribution in [0, 0.1) is 25.7 Å². The minimum atomic E-state index is -0.355. The van der Waals surface area contributed by atoms with Gasteiger partial charge >= 0.3 is 5.69 Å². The van der Waals surface area contributed by atoms with Crippen molar-refractivity contribution in [2.24, 2.45) is 11.8 Å². The minimum Gasteiger partial charge on any atom is -0.497 e. The molecule has 2 saturated heterocycles. The van der Waals surface area contributed by atoms with Gasteiger partial charge in [-0.05, 0) is 50.6 Å². The van der Waals surface area contributed by atoms with Gasteiger partial charge in [0.1, 0.15) is 12.3 Å². The van der Waals surface area contributed by atoms with Crippen LogP contribution in [-0.2, 0) is 11.3 Å². The van der Waals surface area contributed by atoms with Crippen LogP contribution in [0.1, 0.15) is 23.0 Å². The molecule has 7 nitrogen and oxygen atoms in total. The van der Waals surface area contributed by atoms with E-state index in [-0.39, 0.29) is 49.0 Å². The summed E-state index contributed by atoms with van der Waals surface area (Å²) in [5.41, 5.74) is 2.35. The molecule has 1 amide bonds. The van der Waals surface area contributed by atoms with E-state index in [1.54, 1.807) is 14.0 Å². The number of methoxy groups -OCH3 is 1. The molecule has 2 aromatic rings. The van der Waals surface area contributed by atoms with Gasteiger partial charge < -0.3 is 9.64 Å². The first-order valence-corrected chi connectivity index (χ1v) is 10.0. The van der Waals surface area contributed by atoms with E-state index in [1.165, 1.54) is 10.1 Å². The maximum atomic E-state index is 13.0. The van der Waals surface area contributed by atoms with Gasteiger partial charge in [-0.2, -0.15) is 4.98 Å². The minimum absolute atomic E-state index is 0. The highest BCUT2D eigenvalue weighted by Crippen LogP contribution is 2.44. The number of carbonyl (C=O) groups is 1. The zero-order valence-electron chi connectivity index (χ0n) is 18.3. The maximum Gasteiger partial charge on any atom is 0.348 e. The smallest absolute Gasteiger partial charge is 0.348 e. The van der Waals surface area contributed by atoms with Crippen LogP contribution in [0.4, 0.5) is 0 Å². The summed E-state index contributed by atoms with van der Waals surface area (Å²) in [6.45, 7) is 6.12. The van der Waals surface area contributed by atoms with E-state index in [0.29, 0.717) is 17.5 Å². The summed E-state index contributed by atoms with van der Waals surface area (Å²) in [7, 11) is 3.82. The second-order valence-corrected chi connectivity index (χ2v) is 8.29. The molecule has 9 heteroatoms. The number of carbonyl (C=O) groups excluding carboxylic acids is 1. The van der Waals surface area contributed by atoms with Crippen molar-refractivity contribution in [1.82, 2.24) is 19.4 Å². The third kappa shape index (κ3) is 4.89. The number of aryl methyl sites for hydroxylation is 2. The average Bonchev–Trinajstić information content (AvgIpc) is 3.21. The summed E-state index contributed by atoms with van der Waals surface area (Å²) in [4.78, 5) is 33.4. The maximum absolute atomic E-state index is 13.0. The number of amides is 1. The third-order valence-corrected chi connectivity index (χ3v) is 6.34. The van der Waals surface area contributed by atoms with Crippen molar-refractivity contribution in [3.05, 3.63) is 57.8 Å². The SMILES string of the molecule is COc1ccc([C@H]2[C@@H]3CN(C(=O)Cn4c(C)cc(C)nc4=O)C[C@@H]3CN2C)cc1.Cl.Cl. The van der Waals surface area contributed by atoms with Gasteiger partial charge in [0.05, 0.1) is 7.11 Å². The van der Waals surface area contributed by atoms with Gasteiger partial charge in [-0.15, -0.1) is 24.8 Å². The number of likely N-dealkylation sites (tertiary alicyclic amines) is 2. The normalized spacial score (nSPS) is 22.5. The van der Waals surface area contributed by atoms with Gasteiger partial charge in [-0.3, -0.25) is 14.3 Å². The molecule has 0 spiro atoms. The lowest BCUT2D eigenvalue weighted by molar-refractivity contribution is -0.131. The number of benzene rings is 1. The number of ether oxygens (including phenoxy) is 1. The molecule has 2 aliphatic heterocycles. The van der Waals surface area contributed by atoms with E-state index in [9.17, 15) is 9.59 Å². The molecule has 3 heterocycles. The summed E-state index contributed by atoms with van der Waals surface area (Å²) < 4.78 is 6.75. The van der Waals surface area contributed by atoms with Gasteiger partial charge in [-0.25, -0.2) is 4.79 Å². The molecule has 31 heavy (non-hydrogen) atoms. The fourth-order valence-corrected chi connectivity index (χ4v) is 4.97. The number of fused-ring (bicyclic) bond motifs is 1. The second kappa shape index (κ2) is 10.0. The lowest BCUT2D eigenvalue weighted by Crippen LogP contribution is -2.38. The van der Waals surface area contributed by atoms with Gasteiger partial charge in [-0.1, -0.05) is 12.1 Å². The second-order valence-electron chi connectivity index (χ2n) is 8.29.